The second kappa shape index (κ2) is 10.2. The van der Waals surface area contributed by atoms with Gasteiger partial charge >= 0.3 is 5.97 Å². The van der Waals surface area contributed by atoms with Gasteiger partial charge in [0.05, 0.1) is 31.1 Å². The number of rotatable bonds is 8. The molecule has 0 bridgehead atoms. The Bertz CT molecular complexity index is 417. The molecule has 0 saturated carbocycles. The summed E-state index contributed by atoms with van der Waals surface area (Å²) >= 11 is 1.64. The number of amides is 1. The molecule has 7 nitrogen and oxygen atoms in total. The summed E-state index contributed by atoms with van der Waals surface area (Å²) in [6.45, 7) is 2.98. The number of morpholine rings is 1. The van der Waals surface area contributed by atoms with Crippen molar-refractivity contribution in [2.75, 3.05) is 57.9 Å². The van der Waals surface area contributed by atoms with E-state index in [2.05, 4.69) is 0 Å². The lowest BCUT2D eigenvalue weighted by molar-refractivity contribution is -0.141. The third kappa shape index (κ3) is 6.96. The van der Waals surface area contributed by atoms with Gasteiger partial charge in [-0.15, -0.1) is 11.8 Å². The van der Waals surface area contributed by atoms with Crippen molar-refractivity contribution in [3.63, 3.8) is 0 Å². The highest BCUT2D eigenvalue weighted by atomic mass is 32.2. The Morgan fingerprint density at radius 2 is 2.04 bits per heavy atom. The molecule has 2 heterocycles. The molecule has 0 aliphatic carbocycles. The van der Waals surface area contributed by atoms with Gasteiger partial charge < -0.3 is 19.5 Å². The van der Waals surface area contributed by atoms with Crippen LogP contribution in [0.2, 0.25) is 0 Å². The van der Waals surface area contributed by atoms with E-state index >= 15 is 0 Å². The number of carboxylic acid groups (broad SMARTS) is 1. The molecule has 2 saturated heterocycles. The van der Waals surface area contributed by atoms with Crippen LogP contribution in [-0.4, -0.2) is 96.9 Å². The van der Waals surface area contributed by atoms with Crippen molar-refractivity contribution >= 4 is 23.6 Å². The number of likely N-dealkylation sites (N-methyl/N-ethyl adjacent to an activating group) is 1. The molecule has 1 N–H and O–H groups in total. The van der Waals surface area contributed by atoms with Crippen molar-refractivity contribution in [1.29, 1.82) is 0 Å². The maximum absolute atomic E-state index is 12.3. The molecule has 1 amide bonds. The Morgan fingerprint density at radius 3 is 2.75 bits per heavy atom. The molecule has 2 fully saturated rings. The fourth-order valence-corrected chi connectivity index (χ4v) is 4.01. The lowest BCUT2D eigenvalue weighted by Crippen LogP contribution is -2.50. The highest BCUT2D eigenvalue weighted by molar-refractivity contribution is 7.99. The zero-order valence-electron chi connectivity index (χ0n) is 14.3. The summed E-state index contributed by atoms with van der Waals surface area (Å²) in [6.07, 6.45) is 3.62. The van der Waals surface area contributed by atoms with E-state index in [0.717, 1.165) is 25.2 Å². The highest BCUT2D eigenvalue weighted by Gasteiger charge is 2.25. The van der Waals surface area contributed by atoms with Crippen LogP contribution in [0.5, 0.6) is 0 Å². The Kier molecular flexibility index (Phi) is 8.31. The molecular weight excluding hydrogens is 332 g/mol. The predicted molar refractivity (Wildman–Crippen MR) is 92.4 cm³/mol. The minimum absolute atomic E-state index is 0.0228. The lowest BCUT2D eigenvalue weighted by Gasteiger charge is -2.34. The van der Waals surface area contributed by atoms with E-state index in [1.54, 1.807) is 23.7 Å². The summed E-state index contributed by atoms with van der Waals surface area (Å²) in [7, 11) is 1.75. The van der Waals surface area contributed by atoms with Crippen LogP contribution < -0.4 is 0 Å². The fourth-order valence-electron chi connectivity index (χ4n) is 3.01. The van der Waals surface area contributed by atoms with Crippen molar-refractivity contribution in [3.05, 3.63) is 0 Å². The molecule has 2 unspecified atom stereocenters. The lowest BCUT2D eigenvalue weighted by atomic mass is 10.1. The number of thioether (sulfide) groups is 1. The summed E-state index contributed by atoms with van der Waals surface area (Å²) in [6, 6.07) is 0. The number of carboxylic acids is 1. The second-order valence-electron chi connectivity index (χ2n) is 6.43. The quantitative estimate of drug-likeness (QED) is 0.676. The van der Waals surface area contributed by atoms with Crippen LogP contribution in [0.3, 0.4) is 0 Å². The summed E-state index contributed by atoms with van der Waals surface area (Å²) < 4.78 is 11.3. The van der Waals surface area contributed by atoms with Gasteiger partial charge in [0.1, 0.15) is 0 Å². The summed E-state index contributed by atoms with van der Waals surface area (Å²) in [5.41, 5.74) is 0. The van der Waals surface area contributed by atoms with Gasteiger partial charge in [-0.25, -0.2) is 0 Å². The van der Waals surface area contributed by atoms with Gasteiger partial charge in [0, 0.05) is 32.0 Å². The van der Waals surface area contributed by atoms with Gasteiger partial charge in [0.15, 0.2) is 0 Å². The standard InChI is InChI=1S/C16H28N2O5S/c1-17(10-16(20)21)8-14-9-18(5-7-23-14)15(19)12-24-11-13-4-2-3-6-22-13/h13-14H,2-12H2,1H3,(H,20,21). The van der Waals surface area contributed by atoms with Gasteiger partial charge in [0.25, 0.3) is 0 Å². The minimum atomic E-state index is -0.859. The monoisotopic (exact) mass is 360 g/mol. The van der Waals surface area contributed by atoms with E-state index in [1.165, 1.54) is 6.42 Å². The van der Waals surface area contributed by atoms with Crippen LogP contribution in [0.1, 0.15) is 19.3 Å². The zero-order valence-corrected chi connectivity index (χ0v) is 15.1. The number of carbonyl (C=O) groups is 2. The second-order valence-corrected chi connectivity index (χ2v) is 7.46. The first-order valence-corrected chi connectivity index (χ1v) is 9.69. The number of hydrogen-bond acceptors (Lipinski definition) is 6. The molecule has 2 aliphatic rings. The summed E-state index contributed by atoms with van der Waals surface area (Å²) in [4.78, 5) is 26.6. The van der Waals surface area contributed by atoms with Crippen molar-refractivity contribution in [3.8, 4) is 0 Å². The van der Waals surface area contributed by atoms with Gasteiger partial charge in [-0.05, 0) is 26.3 Å². The van der Waals surface area contributed by atoms with E-state index in [9.17, 15) is 9.59 Å². The molecule has 0 spiro atoms. The zero-order chi connectivity index (χ0) is 17.4. The normalized spacial score (nSPS) is 25.0. The number of carbonyl (C=O) groups excluding carboxylic acids is 1. The van der Waals surface area contributed by atoms with Crippen LogP contribution in [0.25, 0.3) is 0 Å². The van der Waals surface area contributed by atoms with Crippen LogP contribution in [0.15, 0.2) is 0 Å². The largest absolute Gasteiger partial charge is 0.480 e. The van der Waals surface area contributed by atoms with Gasteiger partial charge in [-0.1, -0.05) is 0 Å². The average molecular weight is 360 g/mol. The topological polar surface area (TPSA) is 79.3 Å². The van der Waals surface area contributed by atoms with E-state index in [4.69, 9.17) is 14.6 Å². The Balaban J connectivity index is 1.66. The molecule has 2 aliphatic heterocycles. The van der Waals surface area contributed by atoms with E-state index in [0.29, 0.717) is 38.1 Å². The number of hydrogen-bond donors (Lipinski definition) is 1. The maximum Gasteiger partial charge on any atom is 0.317 e. The van der Waals surface area contributed by atoms with Crippen LogP contribution >= 0.6 is 11.8 Å². The van der Waals surface area contributed by atoms with E-state index in [-0.39, 0.29) is 18.6 Å². The summed E-state index contributed by atoms with van der Waals surface area (Å²) in [5.74, 6) is 0.617. The highest BCUT2D eigenvalue weighted by Crippen LogP contribution is 2.18. The smallest absolute Gasteiger partial charge is 0.317 e. The minimum Gasteiger partial charge on any atom is -0.480 e. The number of aliphatic carboxylic acids is 1. The molecule has 0 radical (unpaired) electrons. The molecule has 2 rings (SSSR count). The third-order valence-electron chi connectivity index (χ3n) is 4.22. The first kappa shape index (κ1) is 19.5. The van der Waals surface area contributed by atoms with Gasteiger partial charge in [-0.3, -0.25) is 14.5 Å². The van der Waals surface area contributed by atoms with Crippen LogP contribution in [0.4, 0.5) is 0 Å². The Morgan fingerprint density at radius 1 is 1.25 bits per heavy atom. The van der Waals surface area contributed by atoms with Crippen molar-refractivity contribution in [2.24, 2.45) is 0 Å². The Hall–Kier alpha value is -0.830. The predicted octanol–water partition coefficient (Wildman–Crippen LogP) is 0.533. The van der Waals surface area contributed by atoms with Gasteiger partial charge in [0.2, 0.25) is 5.91 Å². The molecule has 138 valence electrons. The SMILES string of the molecule is CN(CC(=O)O)CC1CN(C(=O)CSCC2CCCCO2)CCO1. The number of nitrogens with zero attached hydrogens (tertiary/aromatic N) is 2. The van der Waals surface area contributed by atoms with Crippen molar-refractivity contribution < 1.29 is 24.2 Å². The van der Waals surface area contributed by atoms with Crippen LogP contribution in [-0.2, 0) is 19.1 Å². The van der Waals surface area contributed by atoms with Gasteiger partial charge in [-0.2, -0.15) is 0 Å². The number of ether oxygens (including phenoxy) is 2. The van der Waals surface area contributed by atoms with Crippen LogP contribution in [0, 0.1) is 0 Å². The Labute approximate surface area is 147 Å². The van der Waals surface area contributed by atoms with Crippen molar-refractivity contribution in [2.45, 2.75) is 31.5 Å². The fraction of sp³-hybridized carbons (Fsp3) is 0.875. The molecule has 24 heavy (non-hydrogen) atoms. The molecule has 0 aromatic heterocycles. The van der Waals surface area contributed by atoms with Crippen molar-refractivity contribution in [1.82, 2.24) is 9.80 Å². The molecular formula is C16H28N2O5S. The van der Waals surface area contributed by atoms with E-state index in [1.807, 2.05) is 4.90 Å². The first-order valence-electron chi connectivity index (χ1n) is 8.53. The molecule has 8 heteroatoms. The first-order chi connectivity index (χ1) is 11.5. The van der Waals surface area contributed by atoms with E-state index < -0.39 is 5.97 Å². The molecule has 0 aromatic carbocycles. The average Bonchev–Trinajstić information content (AvgIpc) is 2.55. The molecule has 0 aromatic rings. The molecule has 2 atom stereocenters. The third-order valence-corrected chi connectivity index (χ3v) is 5.27. The maximum atomic E-state index is 12.3. The summed E-state index contributed by atoms with van der Waals surface area (Å²) in [5, 5.41) is 8.80.